The first kappa shape index (κ1) is 13.2. The minimum atomic E-state index is 0.197. The van der Waals surface area contributed by atoms with Gasteiger partial charge in [-0.2, -0.15) is 0 Å². The molecule has 0 fully saturated rings. The van der Waals surface area contributed by atoms with E-state index in [0.29, 0.717) is 5.92 Å². The molecule has 0 aliphatic rings. The Labute approximate surface area is 100 Å². The zero-order chi connectivity index (χ0) is 11.8. The summed E-state index contributed by atoms with van der Waals surface area (Å²) in [6, 6.07) is 10.6. The number of hydrogen-bond acceptors (Lipinski definition) is 1. The van der Waals surface area contributed by atoms with Crippen LogP contribution in [0.4, 0.5) is 0 Å². The van der Waals surface area contributed by atoms with E-state index in [1.807, 2.05) is 6.07 Å². The Morgan fingerprint density at radius 1 is 1.06 bits per heavy atom. The molecule has 2 N–H and O–H groups in total. The van der Waals surface area contributed by atoms with Gasteiger partial charge in [-0.15, -0.1) is 0 Å². The van der Waals surface area contributed by atoms with Gasteiger partial charge < -0.3 is 5.73 Å². The zero-order valence-corrected chi connectivity index (χ0v) is 10.7. The summed E-state index contributed by atoms with van der Waals surface area (Å²) >= 11 is 0. The summed E-state index contributed by atoms with van der Waals surface area (Å²) in [7, 11) is 0. The van der Waals surface area contributed by atoms with Gasteiger partial charge in [0.25, 0.3) is 0 Å². The molecule has 1 nitrogen and oxygen atoms in total. The fourth-order valence-corrected chi connectivity index (χ4v) is 2.08. The van der Waals surface area contributed by atoms with Crippen molar-refractivity contribution in [3.63, 3.8) is 0 Å². The van der Waals surface area contributed by atoms with Gasteiger partial charge in [0.15, 0.2) is 0 Å². The Hall–Kier alpha value is -0.820. The molecular formula is C15H25N. The van der Waals surface area contributed by atoms with E-state index >= 15 is 0 Å². The van der Waals surface area contributed by atoms with Gasteiger partial charge in [-0.05, 0) is 17.9 Å². The number of nitrogens with two attached hydrogens (primary N) is 1. The average Bonchev–Trinajstić information content (AvgIpc) is 2.34. The van der Waals surface area contributed by atoms with Crippen LogP contribution in [0.5, 0.6) is 0 Å². The molecule has 2 unspecified atom stereocenters. The SMILES string of the molecule is CCCCCCC(C)C(N)c1ccccc1. The Morgan fingerprint density at radius 2 is 1.75 bits per heavy atom. The maximum Gasteiger partial charge on any atom is 0.0320 e. The van der Waals surface area contributed by atoms with Crippen molar-refractivity contribution >= 4 is 0 Å². The molecule has 0 spiro atoms. The van der Waals surface area contributed by atoms with Gasteiger partial charge in [-0.1, -0.05) is 69.9 Å². The molecule has 0 saturated heterocycles. The molecule has 0 aliphatic heterocycles. The third-order valence-electron chi connectivity index (χ3n) is 3.31. The molecule has 90 valence electrons. The highest BCUT2D eigenvalue weighted by Gasteiger charge is 2.13. The van der Waals surface area contributed by atoms with E-state index in [0.717, 1.165) is 0 Å². The third-order valence-corrected chi connectivity index (χ3v) is 3.31. The van der Waals surface area contributed by atoms with Gasteiger partial charge >= 0.3 is 0 Å². The monoisotopic (exact) mass is 219 g/mol. The predicted octanol–water partition coefficient (Wildman–Crippen LogP) is 4.29. The fourth-order valence-electron chi connectivity index (χ4n) is 2.08. The molecule has 0 amide bonds. The Balaban J connectivity index is 2.33. The van der Waals surface area contributed by atoms with E-state index < -0.39 is 0 Å². The standard InChI is InChI=1S/C15H25N/c1-3-4-5-7-10-13(2)15(16)14-11-8-6-9-12-14/h6,8-9,11-13,15H,3-5,7,10,16H2,1-2H3. The van der Waals surface area contributed by atoms with Crippen LogP contribution in [0.1, 0.15) is 57.6 Å². The zero-order valence-electron chi connectivity index (χ0n) is 10.7. The van der Waals surface area contributed by atoms with E-state index in [-0.39, 0.29) is 6.04 Å². The molecule has 0 radical (unpaired) electrons. The Bertz CT molecular complexity index is 268. The van der Waals surface area contributed by atoms with Gasteiger partial charge in [0.05, 0.1) is 0 Å². The highest BCUT2D eigenvalue weighted by atomic mass is 14.6. The smallest absolute Gasteiger partial charge is 0.0320 e. The first-order chi connectivity index (χ1) is 7.75. The van der Waals surface area contributed by atoms with E-state index in [4.69, 9.17) is 5.73 Å². The highest BCUT2D eigenvalue weighted by Crippen LogP contribution is 2.23. The van der Waals surface area contributed by atoms with E-state index in [9.17, 15) is 0 Å². The summed E-state index contributed by atoms with van der Waals surface area (Å²) in [4.78, 5) is 0. The lowest BCUT2D eigenvalue weighted by atomic mass is 9.91. The molecule has 0 bridgehead atoms. The highest BCUT2D eigenvalue weighted by molar-refractivity contribution is 5.18. The van der Waals surface area contributed by atoms with Crippen LogP contribution in [0.15, 0.2) is 30.3 Å². The normalized spacial score (nSPS) is 14.7. The van der Waals surface area contributed by atoms with E-state index in [1.165, 1.54) is 37.7 Å². The lowest BCUT2D eigenvalue weighted by molar-refractivity contribution is 0.416. The summed E-state index contributed by atoms with van der Waals surface area (Å²) in [5.74, 6) is 0.583. The van der Waals surface area contributed by atoms with Crippen LogP contribution in [0.2, 0.25) is 0 Å². The molecule has 0 aliphatic carbocycles. The van der Waals surface area contributed by atoms with E-state index in [2.05, 4.69) is 38.1 Å². The number of hydrogen-bond donors (Lipinski definition) is 1. The first-order valence-corrected chi connectivity index (χ1v) is 6.56. The van der Waals surface area contributed by atoms with Crippen LogP contribution in [-0.2, 0) is 0 Å². The lowest BCUT2D eigenvalue weighted by Gasteiger charge is -2.20. The molecular weight excluding hydrogens is 194 g/mol. The maximum absolute atomic E-state index is 6.25. The van der Waals surface area contributed by atoms with E-state index in [1.54, 1.807) is 0 Å². The van der Waals surface area contributed by atoms with Crippen LogP contribution in [-0.4, -0.2) is 0 Å². The van der Waals surface area contributed by atoms with Gasteiger partial charge in [0, 0.05) is 6.04 Å². The van der Waals surface area contributed by atoms with Crippen molar-refractivity contribution in [1.82, 2.24) is 0 Å². The quantitative estimate of drug-likeness (QED) is 0.680. The minimum absolute atomic E-state index is 0.197. The van der Waals surface area contributed by atoms with Crippen molar-refractivity contribution in [2.24, 2.45) is 11.7 Å². The van der Waals surface area contributed by atoms with Crippen LogP contribution in [0, 0.1) is 5.92 Å². The van der Waals surface area contributed by atoms with Crippen molar-refractivity contribution in [2.75, 3.05) is 0 Å². The second-order valence-electron chi connectivity index (χ2n) is 4.76. The minimum Gasteiger partial charge on any atom is -0.324 e. The Kier molecular flexibility index (Phi) is 6.17. The summed E-state index contributed by atoms with van der Waals surface area (Å²) in [5, 5.41) is 0. The van der Waals surface area contributed by atoms with Gasteiger partial charge in [0.1, 0.15) is 0 Å². The van der Waals surface area contributed by atoms with Crippen molar-refractivity contribution in [3.05, 3.63) is 35.9 Å². The second-order valence-corrected chi connectivity index (χ2v) is 4.76. The van der Waals surface area contributed by atoms with Gasteiger partial charge in [-0.25, -0.2) is 0 Å². The summed E-state index contributed by atoms with van der Waals surface area (Å²) in [6.07, 6.45) is 6.57. The van der Waals surface area contributed by atoms with Crippen molar-refractivity contribution < 1.29 is 0 Å². The summed E-state index contributed by atoms with van der Waals surface area (Å²) in [5.41, 5.74) is 7.52. The average molecular weight is 219 g/mol. The lowest BCUT2D eigenvalue weighted by Crippen LogP contribution is -2.18. The maximum atomic E-state index is 6.25. The molecule has 1 rings (SSSR count). The van der Waals surface area contributed by atoms with Gasteiger partial charge in [0.2, 0.25) is 0 Å². The van der Waals surface area contributed by atoms with Crippen molar-refractivity contribution in [2.45, 2.75) is 52.0 Å². The summed E-state index contributed by atoms with van der Waals surface area (Å²) < 4.78 is 0. The molecule has 0 heterocycles. The van der Waals surface area contributed by atoms with Crippen LogP contribution in [0.3, 0.4) is 0 Å². The van der Waals surface area contributed by atoms with Crippen molar-refractivity contribution in [1.29, 1.82) is 0 Å². The molecule has 1 aromatic rings. The van der Waals surface area contributed by atoms with Crippen LogP contribution in [0.25, 0.3) is 0 Å². The molecule has 16 heavy (non-hydrogen) atoms. The third kappa shape index (κ3) is 4.36. The predicted molar refractivity (Wildman–Crippen MR) is 71.3 cm³/mol. The molecule has 1 heteroatoms. The second kappa shape index (κ2) is 7.45. The molecule has 0 aromatic heterocycles. The number of benzene rings is 1. The largest absolute Gasteiger partial charge is 0.324 e. The topological polar surface area (TPSA) is 26.0 Å². The molecule has 1 aromatic carbocycles. The number of unbranched alkanes of at least 4 members (excludes halogenated alkanes) is 3. The fraction of sp³-hybridized carbons (Fsp3) is 0.600. The van der Waals surface area contributed by atoms with Crippen LogP contribution < -0.4 is 5.73 Å². The van der Waals surface area contributed by atoms with Crippen molar-refractivity contribution in [3.8, 4) is 0 Å². The van der Waals surface area contributed by atoms with Crippen LogP contribution >= 0.6 is 0 Å². The number of rotatable bonds is 7. The van der Waals surface area contributed by atoms with Gasteiger partial charge in [-0.3, -0.25) is 0 Å². The summed E-state index contributed by atoms with van der Waals surface area (Å²) in [6.45, 7) is 4.52. The first-order valence-electron chi connectivity index (χ1n) is 6.56. The molecule has 0 saturated carbocycles. The Morgan fingerprint density at radius 3 is 2.38 bits per heavy atom. The molecule has 2 atom stereocenters.